The van der Waals surface area contributed by atoms with Crippen LogP contribution in [0.15, 0.2) is 6.20 Å². The van der Waals surface area contributed by atoms with Gasteiger partial charge in [0, 0.05) is 6.54 Å². The van der Waals surface area contributed by atoms with Gasteiger partial charge in [0.05, 0.1) is 6.20 Å². The molecular formula is C8H12FN3O. The van der Waals surface area contributed by atoms with E-state index >= 15 is 0 Å². The van der Waals surface area contributed by atoms with E-state index in [2.05, 4.69) is 10.3 Å². The van der Waals surface area contributed by atoms with Crippen molar-refractivity contribution in [3.05, 3.63) is 11.9 Å². The smallest absolute Gasteiger partial charge is 0.128 e. The summed E-state index contributed by atoms with van der Waals surface area (Å²) in [5.41, 5.74) is 0.322. The minimum absolute atomic E-state index is 0.322. The number of aliphatic hydroxyl groups excluding tert-OH is 1. The van der Waals surface area contributed by atoms with Gasteiger partial charge in [0.25, 0.3) is 0 Å². The van der Waals surface area contributed by atoms with Crippen LogP contribution in [-0.4, -0.2) is 26.8 Å². The van der Waals surface area contributed by atoms with Crippen molar-refractivity contribution in [2.45, 2.75) is 25.5 Å². The highest BCUT2D eigenvalue weighted by Crippen LogP contribution is 2.30. The molecule has 0 bridgehead atoms. The third-order valence-electron chi connectivity index (χ3n) is 2.19. The molecule has 1 heterocycles. The summed E-state index contributed by atoms with van der Waals surface area (Å²) in [6.07, 6.45) is 2.97. The fraction of sp³-hybridized carbons (Fsp3) is 0.750. The minimum Gasteiger partial charge on any atom is -0.384 e. The molecule has 0 amide bonds. The molecule has 5 heteroatoms. The van der Waals surface area contributed by atoms with Gasteiger partial charge in [-0.05, 0) is 18.8 Å². The summed E-state index contributed by atoms with van der Waals surface area (Å²) in [7, 11) is 0. The van der Waals surface area contributed by atoms with E-state index in [4.69, 9.17) is 5.11 Å². The minimum atomic E-state index is -1.12. The number of aromatic nitrogens is 3. The first kappa shape index (κ1) is 8.62. The van der Waals surface area contributed by atoms with Crippen LogP contribution in [0.1, 0.15) is 24.6 Å². The maximum atomic E-state index is 12.0. The molecule has 1 N–H and O–H groups in total. The number of halogens is 1. The van der Waals surface area contributed by atoms with Gasteiger partial charge >= 0.3 is 0 Å². The van der Waals surface area contributed by atoms with E-state index in [1.54, 1.807) is 10.9 Å². The summed E-state index contributed by atoms with van der Waals surface area (Å²) in [5.74, 6) is 0.706. The fourth-order valence-electron chi connectivity index (χ4n) is 1.20. The molecule has 1 unspecified atom stereocenters. The van der Waals surface area contributed by atoms with Gasteiger partial charge in [0.1, 0.15) is 18.5 Å². The van der Waals surface area contributed by atoms with Crippen LogP contribution in [0.4, 0.5) is 4.39 Å². The highest BCUT2D eigenvalue weighted by Gasteiger charge is 2.22. The van der Waals surface area contributed by atoms with E-state index in [1.165, 1.54) is 12.8 Å². The van der Waals surface area contributed by atoms with Crippen molar-refractivity contribution in [3.8, 4) is 0 Å². The maximum Gasteiger partial charge on any atom is 0.128 e. The SMILES string of the molecule is OC(CF)c1cn(CC2CC2)nn1. The predicted molar refractivity (Wildman–Crippen MR) is 43.7 cm³/mol. The van der Waals surface area contributed by atoms with Crippen LogP contribution in [0.2, 0.25) is 0 Å². The maximum absolute atomic E-state index is 12.0. The summed E-state index contributed by atoms with van der Waals surface area (Å²) in [6.45, 7) is 0.0358. The molecule has 0 spiro atoms. The molecule has 1 aromatic heterocycles. The Morgan fingerprint density at radius 3 is 3.08 bits per heavy atom. The van der Waals surface area contributed by atoms with E-state index in [0.717, 1.165) is 6.54 Å². The van der Waals surface area contributed by atoms with Crippen LogP contribution >= 0.6 is 0 Å². The Morgan fingerprint density at radius 2 is 2.46 bits per heavy atom. The van der Waals surface area contributed by atoms with Gasteiger partial charge < -0.3 is 5.11 Å². The topological polar surface area (TPSA) is 50.9 Å². The lowest BCUT2D eigenvalue weighted by molar-refractivity contribution is 0.137. The molecule has 2 rings (SSSR count). The highest BCUT2D eigenvalue weighted by molar-refractivity contribution is 4.97. The quantitative estimate of drug-likeness (QED) is 0.750. The largest absolute Gasteiger partial charge is 0.384 e. The lowest BCUT2D eigenvalue weighted by atomic mass is 10.3. The molecule has 4 nitrogen and oxygen atoms in total. The van der Waals surface area contributed by atoms with Crippen molar-refractivity contribution in [1.29, 1.82) is 0 Å². The monoisotopic (exact) mass is 185 g/mol. The van der Waals surface area contributed by atoms with Gasteiger partial charge in [-0.2, -0.15) is 0 Å². The molecule has 1 aliphatic rings. The first-order chi connectivity index (χ1) is 6.29. The molecule has 72 valence electrons. The van der Waals surface area contributed by atoms with Crippen molar-refractivity contribution in [2.24, 2.45) is 5.92 Å². The second kappa shape index (κ2) is 3.41. The van der Waals surface area contributed by atoms with Crippen LogP contribution < -0.4 is 0 Å². The molecule has 1 aromatic rings. The van der Waals surface area contributed by atoms with Crippen LogP contribution in [0.25, 0.3) is 0 Å². The molecule has 0 aromatic carbocycles. The summed E-state index contributed by atoms with van der Waals surface area (Å²) in [5, 5.41) is 16.6. The lowest BCUT2D eigenvalue weighted by Gasteiger charge is -1.98. The van der Waals surface area contributed by atoms with Gasteiger partial charge in [-0.1, -0.05) is 5.21 Å². The van der Waals surface area contributed by atoms with Crippen molar-refractivity contribution in [2.75, 3.05) is 6.67 Å². The van der Waals surface area contributed by atoms with Crippen molar-refractivity contribution >= 4 is 0 Å². The average molecular weight is 185 g/mol. The second-order valence-corrected chi connectivity index (χ2v) is 3.48. The number of rotatable bonds is 4. The zero-order chi connectivity index (χ0) is 9.26. The Hall–Kier alpha value is -0.970. The first-order valence-electron chi connectivity index (χ1n) is 4.43. The van der Waals surface area contributed by atoms with E-state index in [-0.39, 0.29) is 0 Å². The van der Waals surface area contributed by atoms with Gasteiger partial charge in [0.2, 0.25) is 0 Å². The summed E-state index contributed by atoms with van der Waals surface area (Å²) < 4.78 is 13.7. The van der Waals surface area contributed by atoms with Gasteiger partial charge in [0.15, 0.2) is 0 Å². The van der Waals surface area contributed by atoms with Crippen LogP contribution in [0.3, 0.4) is 0 Å². The van der Waals surface area contributed by atoms with E-state index in [1.807, 2.05) is 0 Å². The molecule has 1 aliphatic carbocycles. The molecule has 0 aliphatic heterocycles. The number of hydrogen-bond acceptors (Lipinski definition) is 3. The molecule has 1 fully saturated rings. The summed E-state index contributed by atoms with van der Waals surface area (Å²) >= 11 is 0. The predicted octanol–water partition coefficient (Wildman–Crippen LogP) is 0.691. The Labute approximate surface area is 75.4 Å². The fourth-order valence-corrected chi connectivity index (χ4v) is 1.20. The van der Waals surface area contributed by atoms with Crippen molar-refractivity contribution in [1.82, 2.24) is 15.0 Å². The Morgan fingerprint density at radius 1 is 1.69 bits per heavy atom. The molecule has 1 atom stereocenters. The third-order valence-corrected chi connectivity index (χ3v) is 2.19. The van der Waals surface area contributed by atoms with Crippen LogP contribution in [-0.2, 0) is 6.54 Å². The normalized spacial score (nSPS) is 18.9. The zero-order valence-corrected chi connectivity index (χ0v) is 7.23. The van der Waals surface area contributed by atoms with Crippen molar-refractivity contribution in [3.63, 3.8) is 0 Å². The van der Waals surface area contributed by atoms with Gasteiger partial charge in [-0.3, -0.25) is 4.68 Å². The van der Waals surface area contributed by atoms with Gasteiger partial charge in [-0.15, -0.1) is 5.10 Å². The average Bonchev–Trinajstić information content (AvgIpc) is 2.81. The van der Waals surface area contributed by atoms with Gasteiger partial charge in [-0.25, -0.2) is 4.39 Å². The summed E-state index contributed by atoms with van der Waals surface area (Å²) in [6, 6.07) is 0. The molecule has 0 radical (unpaired) electrons. The Kier molecular flexibility index (Phi) is 2.26. The lowest BCUT2D eigenvalue weighted by Crippen LogP contribution is -2.00. The molecule has 1 saturated carbocycles. The third kappa shape index (κ3) is 2.03. The second-order valence-electron chi connectivity index (χ2n) is 3.48. The summed E-state index contributed by atoms with van der Waals surface area (Å²) in [4.78, 5) is 0. The number of nitrogens with zero attached hydrogens (tertiary/aromatic N) is 3. The first-order valence-corrected chi connectivity index (χ1v) is 4.43. The number of hydrogen-bond donors (Lipinski definition) is 1. The Bertz CT molecular complexity index is 285. The zero-order valence-electron chi connectivity index (χ0n) is 7.23. The van der Waals surface area contributed by atoms with E-state index in [0.29, 0.717) is 11.6 Å². The van der Waals surface area contributed by atoms with E-state index < -0.39 is 12.8 Å². The van der Waals surface area contributed by atoms with E-state index in [9.17, 15) is 4.39 Å². The standard InChI is InChI=1S/C8H12FN3O/c9-3-8(13)7-5-12(11-10-7)4-6-1-2-6/h5-6,8,13H,1-4H2. The highest BCUT2D eigenvalue weighted by atomic mass is 19.1. The Balaban J connectivity index is 1.99. The molecule has 13 heavy (non-hydrogen) atoms. The molecule has 0 saturated heterocycles. The number of alkyl halides is 1. The molecular weight excluding hydrogens is 173 g/mol. The van der Waals surface area contributed by atoms with Crippen LogP contribution in [0, 0.1) is 5.92 Å². The van der Waals surface area contributed by atoms with Crippen molar-refractivity contribution < 1.29 is 9.50 Å². The van der Waals surface area contributed by atoms with Crippen LogP contribution in [0.5, 0.6) is 0 Å². The number of aliphatic hydroxyl groups is 1.